The van der Waals surface area contributed by atoms with Crippen LogP contribution in [0.4, 0.5) is 5.82 Å². The van der Waals surface area contributed by atoms with Crippen LogP contribution < -0.4 is 10.3 Å². The van der Waals surface area contributed by atoms with Gasteiger partial charge in [0, 0.05) is 31.0 Å². The van der Waals surface area contributed by atoms with E-state index in [-0.39, 0.29) is 0 Å². The second kappa shape index (κ2) is 5.17. The Morgan fingerprint density at radius 3 is 2.95 bits per heavy atom. The number of hydrogen-bond donors (Lipinski definition) is 1. The van der Waals surface area contributed by atoms with Crippen molar-refractivity contribution in [3.63, 3.8) is 0 Å². The van der Waals surface area contributed by atoms with E-state index in [0.29, 0.717) is 12.4 Å². The number of thiophene rings is 1. The van der Waals surface area contributed by atoms with Gasteiger partial charge in [0.25, 0.3) is 0 Å². The lowest BCUT2D eigenvalue weighted by atomic mass is 10.2. The molecule has 20 heavy (non-hydrogen) atoms. The Bertz CT molecular complexity index is 764. The summed E-state index contributed by atoms with van der Waals surface area (Å²) in [6.45, 7) is 4.86. The molecule has 102 valence electrons. The van der Waals surface area contributed by atoms with Gasteiger partial charge < -0.3 is 5.73 Å². The molecule has 2 N–H and O–H groups in total. The predicted molar refractivity (Wildman–Crippen MR) is 81.7 cm³/mol. The molecule has 0 atom stereocenters. The molecule has 0 aliphatic carbocycles. The lowest BCUT2D eigenvalue weighted by Crippen LogP contribution is -2.37. The molecule has 0 saturated carbocycles. The molecule has 0 aliphatic heterocycles. The average Bonchev–Trinajstić information content (AvgIpc) is 2.93. The number of nitrogens with zero attached hydrogens (tertiary/aromatic N) is 3. The maximum Gasteiger partial charge on any atom is 0.196 e. The van der Waals surface area contributed by atoms with Crippen LogP contribution in [0, 0.1) is 6.92 Å². The van der Waals surface area contributed by atoms with Gasteiger partial charge in [-0.2, -0.15) is 4.57 Å². The van der Waals surface area contributed by atoms with Crippen molar-refractivity contribution in [2.45, 2.75) is 26.8 Å². The summed E-state index contributed by atoms with van der Waals surface area (Å²) in [5, 5.41) is 3.41. The molecule has 0 aliphatic rings. The van der Waals surface area contributed by atoms with Gasteiger partial charge in [-0.25, -0.2) is 9.97 Å². The van der Waals surface area contributed by atoms with Crippen LogP contribution in [0.1, 0.15) is 24.0 Å². The van der Waals surface area contributed by atoms with E-state index in [4.69, 9.17) is 5.73 Å². The lowest BCUT2D eigenvalue weighted by molar-refractivity contribution is -0.692. The third-order valence-corrected chi connectivity index (χ3v) is 4.53. The van der Waals surface area contributed by atoms with E-state index in [1.807, 2.05) is 13.1 Å². The topological polar surface area (TPSA) is 55.7 Å². The van der Waals surface area contributed by atoms with Gasteiger partial charge >= 0.3 is 0 Å². The van der Waals surface area contributed by atoms with Crippen LogP contribution in [0.2, 0.25) is 0 Å². The molecule has 3 rings (SSSR count). The van der Waals surface area contributed by atoms with Crippen LogP contribution in [0.25, 0.3) is 10.1 Å². The maximum atomic E-state index is 6.03. The fraction of sp³-hybridized carbons (Fsp3) is 0.267. The van der Waals surface area contributed by atoms with E-state index in [1.54, 1.807) is 11.3 Å². The summed E-state index contributed by atoms with van der Waals surface area (Å²) in [5.74, 6) is 1.37. The van der Waals surface area contributed by atoms with Crippen LogP contribution in [-0.4, -0.2) is 9.97 Å². The van der Waals surface area contributed by atoms with Gasteiger partial charge in [0.15, 0.2) is 18.4 Å². The molecule has 0 amide bonds. The third-order valence-electron chi connectivity index (χ3n) is 3.49. The minimum absolute atomic E-state index is 0.579. The van der Waals surface area contributed by atoms with Crippen LogP contribution in [0.15, 0.2) is 29.9 Å². The number of rotatable bonds is 3. The number of aromatic nitrogens is 3. The molecule has 0 bridgehead atoms. The zero-order valence-electron chi connectivity index (χ0n) is 11.6. The summed E-state index contributed by atoms with van der Waals surface area (Å²) in [5.41, 5.74) is 8.24. The fourth-order valence-electron chi connectivity index (χ4n) is 2.26. The first-order valence-electron chi connectivity index (χ1n) is 6.65. The summed E-state index contributed by atoms with van der Waals surface area (Å²) in [7, 11) is 0. The summed E-state index contributed by atoms with van der Waals surface area (Å²) in [6, 6.07) is 4.28. The molecule has 3 aromatic rings. The first kappa shape index (κ1) is 13.0. The Kier molecular flexibility index (Phi) is 3.36. The van der Waals surface area contributed by atoms with Crippen LogP contribution in [-0.2, 0) is 13.0 Å². The van der Waals surface area contributed by atoms with E-state index >= 15 is 0 Å². The van der Waals surface area contributed by atoms with Crippen molar-refractivity contribution < 1.29 is 4.57 Å². The number of fused-ring (bicyclic) bond motifs is 1. The number of nitrogen functional groups attached to an aromatic ring is 1. The molecule has 4 nitrogen and oxygen atoms in total. The summed E-state index contributed by atoms with van der Waals surface area (Å²) in [4.78, 5) is 8.66. The van der Waals surface area contributed by atoms with E-state index in [0.717, 1.165) is 17.8 Å². The molecule has 3 aromatic heterocycles. The number of pyridine rings is 1. The predicted octanol–water partition coefficient (Wildman–Crippen LogP) is 2.48. The van der Waals surface area contributed by atoms with Gasteiger partial charge in [-0.3, -0.25) is 0 Å². The van der Waals surface area contributed by atoms with Gasteiger partial charge in [0.05, 0.1) is 5.56 Å². The van der Waals surface area contributed by atoms with E-state index in [1.165, 1.54) is 15.8 Å². The first-order chi connectivity index (χ1) is 9.69. The molecular weight excluding hydrogens is 268 g/mol. The van der Waals surface area contributed by atoms with Gasteiger partial charge in [-0.1, -0.05) is 6.92 Å². The Hall–Kier alpha value is -2.01. The summed E-state index contributed by atoms with van der Waals surface area (Å²) in [6.07, 6.45) is 4.74. The minimum Gasteiger partial charge on any atom is -0.383 e. The molecule has 3 heterocycles. The molecular formula is C15H17N4S+. The van der Waals surface area contributed by atoms with Crippen LogP contribution in [0.5, 0.6) is 0 Å². The van der Waals surface area contributed by atoms with Crippen molar-refractivity contribution in [2.75, 3.05) is 5.73 Å². The average molecular weight is 285 g/mol. The van der Waals surface area contributed by atoms with Gasteiger partial charge in [0.2, 0.25) is 0 Å². The van der Waals surface area contributed by atoms with Crippen molar-refractivity contribution in [2.24, 2.45) is 0 Å². The Labute approximate surface area is 121 Å². The summed E-state index contributed by atoms with van der Waals surface area (Å²) >= 11 is 1.77. The first-order valence-corrected chi connectivity index (χ1v) is 7.53. The number of nitrogens with two attached hydrogens (primary N) is 1. The van der Waals surface area contributed by atoms with Gasteiger partial charge in [-0.15, -0.1) is 11.3 Å². The molecule has 0 unspecified atom stereocenters. The van der Waals surface area contributed by atoms with E-state index in [2.05, 4.69) is 45.2 Å². The zero-order chi connectivity index (χ0) is 14.1. The fourth-order valence-corrected chi connectivity index (χ4v) is 3.17. The quantitative estimate of drug-likeness (QED) is 0.752. The molecule has 0 saturated heterocycles. The van der Waals surface area contributed by atoms with E-state index < -0.39 is 0 Å². The van der Waals surface area contributed by atoms with Crippen molar-refractivity contribution in [1.82, 2.24) is 9.97 Å². The summed E-state index contributed by atoms with van der Waals surface area (Å²) < 4.78 is 3.51. The normalized spacial score (nSPS) is 11.1. The second-order valence-corrected chi connectivity index (χ2v) is 5.70. The van der Waals surface area contributed by atoms with Crippen LogP contribution in [0.3, 0.4) is 0 Å². The SMILES string of the molecule is CCc1ncc(C[n+]2ccc3ccsc3c2C)c(N)n1. The standard InChI is InChI=1S/C15H17N4S/c1-3-13-17-8-12(15(16)18-13)9-19-6-4-11-5-7-20-14(11)10(19)2/h4-8H,3,9H2,1-2H3,(H2,16,17,18)/q+1. The number of aryl methyl sites for hydroxylation is 2. The Balaban J connectivity index is 1.98. The molecule has 0 radical (unpaired) electrons. The Morgan fingerprint density at radius 2 is 2.20 bits per heavy atom. The van der Waals surface area contributed by atoms with Gasteiger partial charge in [-0.05, 0) is 11.4 Å². The number of anilines is 1. The molecule has 0 spiro atoms. The Morgan fingerprint density at radius 1 is 1.35 bits per heavy atom. The van der Waals surface area contributed by atoms with Gasteiger partial charge in [0.1, 0.15) is 16.3 Å². The van der Waals surface area contributed by atoms with Crippen molar-refractivity contribution in [3.05, 3.63) is 47.0 Å². The third kappa shape index (κ3) is 2.25. The number of hydrogen-bond acceptors (Lipinski definition) is 4. The monoisotopic (exact) mass is 285 g/mol. The highest BCUT2D eigenvalue weighted by Gasteiger charge is 2.14. The molecule has 5 heteroatoms. The minimum atomic E-state index is 0.579. The lowest BCUT2D eigenvalue weighted by Gasteiger charge is -2.05. The molecule has 0 fully saturated rings. The van der Waals surface area contributed by atoms with Crippen molar-refractivity contribution in [1.29, 1.82) is 0 Å². The van der Waals surface area contributed by atoms with Crippen molar-refractivity contribution >= 4 is 27.2 Å². The smallest absolute Gasteiger partial charge is 0.196 e. The highest BCUT2D eigenvalue weighted by Crippen LogP contribution is 2.21. The largest absolute Gasteiger partial charge is 0.383 e. The zero-order valence-corrected chi connectivity index (χ0v) is 12.4. The maximum absolute atomic E-state index is 6.03. The second-order valence-electron chi connectivity index (χ2n) is 4.78. The highest BCUT2D eigenvalue weighted by atomic mass is 32.1. The highest BCUT2D eigenvalue weighted by molar-refractivity contribution is 7.17. The van der Waals surface area contributed by atoms with E-state index in [9.17, 15) is 0 Å². The van der Waals surface area contributed by atoms with Crippen molar-refractivity contribution in [3.8, 4) is 0 Å². The van der Waals surface area contributed by atoms with Crippen LogP contribution >= 0.6 is 11.3 Å². The molecule has 0 aromatic carbocycles.